The number of nitrogens with zero attached hydrogens (tertiary/aromatic N) is 2. The molecular formula is C24H18ClN3O. The lowest BCUT2D eigenvalue weighted by Crippen LogP contribution is -1.98. The van der Waals surface area contributed by atoms with Gasteiger partial charge in [-0.2, -0.15) is 5.26 Å². The third-order valence-electron chi connectivity index (χ3n) is 4.57. The van der Waals surface area contributed by atoms with Crippen LogP contribution >= 0.6 is 11.6 Å². The van der Waals surface area contributed by atoms with Gasteiger partial charge in [-0.25, -0.2) is 4.98 Å². The molecule has 0 bridgehead atoms. The van der Waals surface area contributed by atoms with Crippen molar-refractivity contribution in [3.05, 3.63) is 94.3 Å². The third kappa shape index (κ3) is 4.16. The minimum absolute atomic E-state index is 0.344. The summed E-state index contributed by atoms with van der Waals surface area (Å²) in [7, 11) is 0. The molecule has 1 aromatic heterocycles. The minimum atomic E-state index is 0.344. The smallest absolute Gasteiger partial charge is 0.149 e. The topological polar surface area (TPSA) is 61.7 Å². The number of benzene rings is 3. The number of halogens is 1. The van der Waals surface area contributed by atoms with E-state index >= 15 is 0 Å². The molecule has 1 heterocycles. The lowest BCUT2D eigenvalue weighted by atomic mass is 10.1. The number of nitrogens with one attached hydrogen (secondary N) is 1. The summed E-state index contributed by atoms with van der Waals surface area (Å²) < 4.78 is 5.99. The number of hydrogen-bond acceptors (Lipinski definition) is 3. The zero-order valence-corrected chi connectivity index (χ0v) is 16.6. The molecule has 0 aliphatic rings. The Bertz CT molecular complexity index is 1250. The van der Waals surface area contributed by atoms with Crippen LogP contribution in [0.25, 0.3) is 22.7 Å². The van der Waals surface area contributed by atoms with E-state index in [-0.39, 0.29) is 0 Å². The number of allylic oxidation sites excluding steroid dienone is 1. The molecule has 0 aliphatic carbocycles. The predicted octanol–water partition coefficient (Wildman–Crippen LogP) is 6.17. The van der Waals surface area contributed by atoms with Crippen molar-refractivity contribution in [2.45, 2.75) is 13.5 Å². The van der Waals surface area contributed by atoms with Crippen molar-refractivity contribution < 1.29 is 4.74 Å². The minimum Gasteiger partial charge on any atom is -0.488 e. The summed E-state index contributed by atoms with van der Waals surface area (Å²) in [4.78, 5) is 7.78. The largest absolute Gasteiger partial charge is 0.488 e. The van der Waals surface area contributed by atoms with Gasteiger partial charge in [-0.05, 0) is 42.8 Å². The van der Waals surface area contributed by atoms with E-state index in [1.807, 2.05) is 73.7 Å². The zero-order chi connectivity index (χ0) is 20.2. The first-order valence-corrected chi connectivity index (χ1v) is 9.55. The summed E-state index contributed by atoms with van der Waals surface area (Å²) in [5, 5.41) is 10.4. The van der Waals surface area contributed by atoms with Gasteiger partial charge < -0.3 is 9.72 Å². The number of H-pyrrole nitrogens is 1. The van der Waals surface area contributed by atoms with E-state index in [2.05, 4.69) is 16.0 Å². The van der Waals surface area contributed by atoms with Gasteiger partial charge in [-0.1, -0.05) is 54.1 Å². The molecule has 1 N–H and O–H groups in total. The van der Waals surface area contributed by atoms with E-state index in [4.69, 9.17) is 16.3 Å². The van der Waals surface area contributed by atoms with E-state index in [1.165, 1.54) is 0 Å². The number of aryl methyl sites for hydroxylation is 1. The zero-order valence-electron chi connectivity index (χ0n) is 15.8. The van der Waals surface area contributed by atoms with Crippen LogP contribution in [0.3, 0.4) is 0 Å². The highest BCUT2D eigenvalue weighted by Gasteiger charge is 2.10. The molecule has 4 aromatic rings. The first-order valence-electron chi connectivity index (χ1n) is 9.18. The summed E-state index contributed by atoms with van der Waals surface area (Å²) in [5.41, 5.74) is 5.01. The van der Waals surface area contributed by atoms with Crippen LogP contribution in [-0.4, -0.2) is 9.97 Å². The fraction of sp³-hybridized carbons (Fsp3) is 0.0833. The summed E-state index contributed by atoms with van der Waals surface area (Å²) in [6.07, 6.45) is 1.78. The van der Waals surface area contributed by atoms with Crippen LogP contribution in [0.4, 0.5) is 0 Å². The molecule has 5 heteroatoms. The Morgan fingerprint density at radius 2 is 1.93 bits per heavy atom. The third-order valence-corrected chi connectivity index (χ3v) is 4.94. The second-order valence-corrected chi connectivity index (χ2v) is 7.10. The monoisotopic (exact) mass is 399 g/mol. The quantitative estimate of drug-likeness (QED) is 0.408. The maximum atomic E-state index is 9.72. The van der Waals surface area contributed by atoms with Crippen LogP contribution in [0.5, 0.6) is 5.75 Å². The second kappa shape index (κ2) is 8.22. The molecule has 3 aromatic carbocycles. The molecule has 0 saturated heterocycles. The van der Waals surface area contributed by atoms with Crippen molar-refractivity contribution in [1.29, 1.82) is 5.26 Å². The molecule has 4 nitrogen and oxygen atoms in total. The molecular weight excluding hydrogens is 382 g/mol. The molecule has 0 amide bonds. The normalized spacial score (nSPS) is 11.4. The van der Waals surface area contributed by atoms with Crippen molar-refractivity contribution in [1.82, 2.24) is 9.97 Å². The molecule has 0 unspecified atom stereocenters. The van der Waals surface area contributed by atoms with E-state index < -0.39 is 0 Å². The fourth-order valence-corrected chi connectivity index (χ4v) is 3.25. The van der Waals surface area contributed by atoms with Gasteiger partial charge in [0.15, 0.2) is 0 Å². The van der Waals surface area contributed by atoms with Crippen molar-refractivity contribution >= 4 is 34.3 Å². The van der Waals surface area contributed by atoms with Gasteiger partial charge in [0.05, 0.1) is 16.6 Å². The maximum Gasteiger partial charge on any atom is 0.149 e. The highest BCUT2D eigenvalue weighted by Crippen LogP contribution is 2.26. The highest BCUT2D eigenvalue weighted by molar-refractivity contribution is 6.31. The van der Waals surface area contributed by atoms with Crippen LogP contribution in [0.15, 0.2) is 66.7 Å². The van der Waals surface area contributed by atoms with Gasteiger partial charge in [0, 0.05) is 16.1 Å². The molecule has 0 fully saturated rings. The first kappa shape index (κ1) is 18.8. The number of nitriles is 1. The Hall–Kier alpha value is -3.55. The van der Waals surface area contributed by atoms with Crippen LogP contribution in [0.2, 0.25) is 5.02 Å². The van der Waals surface area contributed by atoms with Crippen molar-refractivity contribution in [3.63, 3.8) is 0 Å². The standard InChI is InChI=1S/C24H18ClN3O/c1-16-10-11-21-22(12-16)28-24(27-21)19(14-26)13-17-6-3-5-9-23(17)29-15-18-7-2-4-8-20(18)25/h2-13H,15H2,1H3,(H,27,28). The average Bonchev–Trinajstić information content (AvgIpc) is 3.15. The predicted molar refractivity (Wildman–Crippen MR) is 117 cm³/mol. The van der Waals surface area contributed by atoms with Gasteiger partial charge in [0.1, 0.15) is 24.3 Å². The van der Waals surface area contributed by atoms with Crippen LogP contribution < -0.4 is 4.74 Å². The number of imidazole rings is 1. The van der Waals surface area contributed by atoms with E-state index in [9.17, 15) is 5.26 Å². The lowest BCUT2D eigenvalue weighted by molar-refractivity contribution is 0.305. The second-order valence-electron chi connectivity index (χ2n) is 6.69. The Morgan fingerprint density at radius 3 is 2.76 bits per heavy atom. The number of hydrogen-bond donors (Lipinski definition) is 1. The number of aromatic amines is 1. The summed E-state index contributed by atoms with van der Waals surface area (Å²) >= 11 is 6.22. The van der Waals surface area contributed by atoms with Gasteiger partial charge in [0.2, 0.25) is 0 Å². The lowest BCUT2D eigenvalue weighted by Gasteiger charge is -2.10. The molecule has 0 spiro atoms. The fourth-order valence-electron chi connectivity index (χ4n) is 3.06. The van der Waals surface area contributed by atoms with E-state index in [1.54, 1.807) is 6.08 Å². The molecule has 0 radical (unpaired) electrons. The van der Waals surface area contributed by atoms with Gasteiger partial charge in [-0.15, -0.1) is 0 Å². The van der Waals surface area contributed by atoms with Gasteiger partial charge >= 0.3 is 0 Å². The molecule has 4 rings (SSSR count). The maximum absolute atomic E-state index is 9.72. The first-order chi connectivity index (χ1) is 14.1. The van der Waals surface area contributed by atoms with E-state index in [0.29, 0.717) is 28.8 Å². The Balaban J connectivity index is 1.65. The summed E-state index contributed by atoms with van der Waals surface area (Å²) in [6, 6.07) is 23.4. The van der Waals surface area contributed by atoms with Crippen molar-refractivity contribution in [3.8, 4) is 11.8 Å². The number of fused-ring (bicyclic) bond motifs is 1. The Labute approximate surface area is 174 Å². The average molecular weight is 400 g/mol. The molecule has 0 atom stereocenters. The summed E-state index contributed by atoms with van der Waals surface area (Å²) in [6.45, 7) is 2.36. The Morgan fingerprint density at radius 1 is 1.14 bits per heavy atom. The van der Waals surface area contributed by atoms with Crippen LogP contribution in [0, 0.1) is 18.3 Å². The Kier molecular flexibility index (Phi) is 5.33. The van der Waals surface area contributed by atoms with Crippen molar-refractivity contribution in [2.75, 3.05) is 0 Å². The number of para-hydroxylation sites is 1. The SMILES string of the molecule is Cc1ccc2nc(C(C#N)=Cc3ccccc3OCc3ccccc3Cl)[nH]c2c1. The number of ether oxygens (including phenoxy) is 1. The van der Waals surface area contributed by atoms with Crippen LogP contribution in [-0.2, 0) is 6.61 Å². The highest BCUT2D eigenvalue weighted by atomic mass is 35.5. The summed E-state index contributed by atoms with van der Waals surface area (Å²) in [5.74, 6) is 1.21. The number of aromatic nitrogens is 2. The van der Waals surface area contributed by atoms with Crippen molar-refractivity contribution in [2.24, 2.45) is 0 Å². The molecule has 29 heavy (non-hydrogen) atoms. The molecule has 0 saturated carbocycles. The van der Waals surface area contributed by atoms with Gasteiger partial charge in [-0.3, -0.25) is 0 Å². The van der Waals surface area contributed by atoms with E-state index in [0.717, 1.165) is 27.7 Å². The molecule has 142 valence electrons. The van der Waals surface area contributed by atoms with Gasteiger partial charge in [0.25, 0.3) is 0 Å². The van der Waals surface area contributed by atoms with Crippen LogP contribution in [0.1, 0.15) is 22.5 Å². The number of rotatable bonds is 5. The molecule has 0 aliphatic heterocycles.